The molecule has 102 valence electrons. The predicted octanol–water partition coefficient (Wildman–Crippen LogP) is 3.53. The van der Waals surface area contributed by atoms with Gasteiger partial charge in [-0.25, -0.2) is 4.79 Å². The van der Waals surface area contributed by atoms with E-state index in [1.165, 1.54) is 0 Å². The molecule has 0 bridgehead atoms. The van der Waals surface area contributed by atoms with Crippen LogP contribution in [0, 0.1) is 0 Å². The highest BCUT2D eigenvalue weighted by Gasteiger charge is 2.00. The van der Waals surface area contributed by atoms with Crippen molar-refractivity contribution in [1.82, 2.24) is 0 Å². The summed E-state index contributed by atoms with van der Waals surface area (Å²) in [5.41, 5.74) is 1.93. The third-order valence-electron chi connectivity index (χ3n) is 2.67. The molecule has 2 aromatic carbocycles. The smallest absolute Gasteiger partial charge is 0.335 e. The molecule has 0 saturated heterocycles. The molecule has 4 nitrogen and oxygen atoms in total. The number of carboxylic acids is 1. The molecule has 0 amide bonds. The van der Waals surface area contributed by atoms with Crippen LogP contribution in [-0.4, -0.2) is 23.9 Å². The summed E-state index contributed by atoms with van der Waals surface area (Å²) < 4.78 is 5.35. The number of rotatable bonds is 5. The monoisotopic (exact) mass is 269 g/mol. The van der Waals surface area contributed by atoms with Crippen LogP contribution in [0.2, 0.25) is 0 Å². The summed E-state index contributed by atoms with van der Waals surface area (Å²) in [6, 6.07) is 14.0. The summed E-state index contributed by atoms with van der Waals surface area (Å²) in [4.78, 5) is 15.1. The highest BCUT2D eigenvalue weighted by Crippen LogP contribution is 2.18. The van der Waals surface area contributed by atoms with Crippen molar-refractivity contribution in [2.75, 3.05) is 6.61 Å². The zero-order chi connectivity index (χ0) is 14.4. The molecule has 0 aromatic heterocycles. The molecule has 0 saturated carbocycles. The second-order valence-corrected chi connectivity index (χ2v) is 4.11. The van der Waals surface area contributed by atoms with Crippen molar-refractivity contribution in [2.45, 2.75) is 6.92 Å². The molecule has 0 aliphatic heterocycles. The number of aromatic carboxylic acids is 1. The summed E-state index contributed by atoms with van der Waals surface area (Å²) >= 11 is 0. The molecule has 0 aliphatic carbocycles. The Labute approximate surface area is 117 Å². The highest BCUT2D eigenvalue weighted by molar-refractivity contribution is 5.89. The molecule has 0 spiro atoms. The van der Waals surface area contributed by atoms with Crippen molar-refractivity contribution in [1.29, 1.82) is 0 Å². The van der Waals surface area contributed by atoms with Crippen LogP contribution in [0.25, 0.3) is 0 Å². The molecule has 2 aromatic rings. The van der Waals surface area contributed by atoms with Crippen molar-refractivity contribution in [3.8, 4) is 5.75 Å². The van der Waals surface area contributed by atoms with E-state index < -0.39 is 5.97 Å². The van der Waals surface area contributed by atoms with Gasteiger partial charge in [-0.15, -0.1) is 0 Å². The summed E-state index contributed by atoms with van der Waals surface area (Å²) in [6.45, 7) is 2.57. The quantitative estimate of drug-likeness (QED) is 0.845. The summed E-state index contributed by atoms with van der Waals surface area (Å²) in [5, 5.41) is 8.81. The minimum Gasteiger partial charge on any atom is -0.494 e. The highest BCUT2D eigenvalue weighted by atomic mass is 16.5. The lowest BCUT2D eigenvalue weighted by Crippen LogP contribution is -1.95. The van der Waals surface area contributed by atoms with Crippen LogP contribution in [0.1, 0.15) is 22.8 Å². The van der Waals surface area contributed by atoms with E-state index in [0.717, 1.165) is 17.0 Å². The molecule has 0 aliphatic rings. The van der Waals surface area contributed by atoms with Gasteiger partial charge in [-0.3, -0.25) is 4.99 Å². The minimum atomic E-state index is -0.931. The fraction of sp³-hybridized carbons (Fsp3) is 0.125. The third kappa shape index (κ3) is 3.68. The largest absolute Gasteiger partial charge is 0.494 e. The molecular formula is C16H15NO3. The van der Waals surface area contributed by atoms with E-state index >= 15 is 0 Å². The Balaban J connectivity index is 2.06. The van der Waals surface area contributed by atoms with Crippen molar-refractivity contribution in [3.63, 3.8) is 0 Å². The molecule has 4 heteroatoms. The van der Waals surface area contributed by atoms with Gasteiger partial charge in [-0.2, -0.15) is 0 Å². The van der Waals surface area contributed by atoms with Crippen molar-refractivity contribution in [3.05, 3.63) is 59.7 Å². The second kappa shape index (κ2) is 6.52. The first-order chi connectivity index (χ1) is 9.69. The maximum absolute atomic E-state index is 10.7. The van der Waals surface area contributed by atoms with Gasteiger partial charge in [0.05, 0.1) is 17.9 Å². The second-order valence-electron chi connectivity index (χ2n) is 4.11. The average molecular weight is 269 g/mol. The third-order valence-corrected chi connectivity index (χ3v) is 2.67. The first-order valence-corrected chi connectivity index (χ1v) is 6.29. The van der Waals surface area contributed by atoms with Gasteiger partial charge < -0.3 is 9.84 Å². The maximum atomic E-state index is 10.7. The van der Waals surface area contributed by atoms with Crippen LogP contribution >= 0.6 is 0 Å². The topological polar surface area (TPSA) is 58.9 Å². The number of hydrogen-bond acceptors (Lipinski definition) is 3. The Hall–Kier alpha value is -2.62. The Kier molecular flexibility index (Phi) is 4.50. The van der Waals surface area contributed by atoms with Gasteiger partial charge >= 0.3 is 5.97 Å². The average Bonchev–Trinajstić information content (AvgIpc) is 2.47. The molecule has 0 unspecified atom stereocenters. The SMILES string of the molecule is CCOc1ccc(N=Cc2ccc(C(=O)O)cc2)cc1. The van der Waals surface area contributed by atoms with Gasteiger partial charge in [-0.1, -0.05) is 12.1 Å². The van der Waals surface area contributed by atoms with E-state index in [2.05, 4.69) is 4.99 Å². The van der Waals surface area contributed by atoms with Crippen LogP contribution in [0.5, 0.6) is 5.75 Å². The van der Waals surface area contributed by atoms with Gasteiger partial charge in [0.25, 0.3) is 0 Å². The van der Waals surface area contributed by atoms with Gasteiger partial charge in [0.15, 0.2) is 0 Å². The first-order valence-electron chi connectivity index (χ1n) is 6.29. The number of benzene rings is 2. The van der Waals surface area contributed by atoms with Gasteiger partial charge in [0.2, 0.25) is 0 Å². The lowest BCUT2D eigenvalue weighted by atomic mass is 10.1. The lowest BCUT2D eigenvalue weighted by Gasteiger charge is -2.02. The van der Waals surface area contributed by atoms with Crippen LogP contribution in [0.15, 0.2) is 53.5 Å². The van der Waals surface area contributed by atoms with Crippen molar-refractivity contribution < 1.29 is 14.6 Å². The minimum absolute atomic E-state index is 0.267. The molecule has 0 heterocycles. The van der Waals surface area contributed by atoms with E-state index in [4.69, 9.17) is 9.84 Å². The molecular weight excluding hydrogens is 254 g/mol. The summed E-state index contributed by atoms with van der Waals surface area (Å²) in [7, 11) is 0. The lowest BCUT2D eigenvalue weighted by molar-refractivity contribution is 0.0697. The van der Waals surface area contributed by atoms with E-state index in [0.29, 0.717) is 6.61 Å². The van der Waals surface area contributed by atoms with E-state index in [1.54, 1.807) is 30.5 Å². The van der Waals surface area contributed by atoms with Crippen LogP contribution in [-0.2, 0) is 0 Å². The van der Waals surface area contributed by atoms with E-state index in [1.807, 2.05) is 31.2 Å². The predicted molar refractivity (Wildman–Crippen MR) is 78.3 cm³/mol. The Morgan fingerprint density at radius 3 is 2.35 bits per heavy atom. The fourth-order valence-corrected chi connectivity index (χ4v) is 1.66. The molecule has 0 radical (unpaired) electrons. The zero-order valence-electron chi connectivity index (χ0n) is 11.1. The molecule has 0 atom stereocenters. The zero-order valence-corrected chi connectivity index (χ0v) is 11.1. The van der Waals surface area contributed by atoms with Gasteiger partial charge in [0.1, 0.15) is 5.75 Å². The molecule has 20 heavy (non-hydrogen) atoms. The Morgan fingerprint density at radius 2 is 1.80 bits per heavy atom. The molecule has 1 N–H and O–H groups in total. The van der Waals surface area contributed by atoms with E-state index in [-0.39, 0.29) is 5.56 Å². The van der Waals surface area contributed by atoms with Gasteiger partial charge in [-0.05, 0) is 48.9 Å². The number of nitrogens with zero attached hydrogens (tertiary/aromatic N) is 1. The van der Waals surface area contributed by atoms with Crippen LogP contribution in [0.3, 0.4) is 0 Å². The number of aliphatic imine (C=N–C) groups is 1. The number of carbonyl (C=O) groups is 1. The fourth-order valence-electron chi connectivity index (χ4n) is 1.66. The van der Waals surface area contributed by atoms with Crippen molar-refractivity contribution >= 4 is 17.9 Å². The number of carboxylic acid groups (broad SMARTS) is 1. The van der Waals surface area contributed by atoms with Crippen LogP contribution < -0.4 is 4.74 Å². The summed E-state index contributed by atoms with van der Waals surface area (Å²) in [5.74, 6) is -0.114. The molecule has 0 fully saturated rings. The maximum Gasteiger partial charge on any atom is 0.335 e. The standard InChI is InChI=1S/C16H15NO3/c1-2-20-15-9-7-14(8-10-15)17-11-12-3-5-13(6-4-12)16(18)19/h3-11H,2H2,1H3,(H,18,19). The first kappa shape index (κ1) is 13.8. The van der Waals surface area contributed by atoms with E-state index in [9.17, 15) is 4.79 Å². The summed E-state index contributed by atoms with van der Waals surface area (Å²) in [6.07, 6.45) is 1.70. The Morgan fingerprint density at radius 1 is 1.15 bits per heavy atom. The number of ether oxygens (including phenoxy) is 1. The number of hydrogen-bond donors (Lipinski definition) is 1. The van der Waals surface area contributed by atoms with Crippen LogP contribution in [0.4, 0.5) is 5.69 Å². The normalized spacial score (nSPS) is 10.7. The van der Waals surface area contributed by atoms with Gasteiger partial charge in [0, 0.05) is 6.21 Å². The van der Waals surface area contributed by atoms with Crippen molar-refractivity contribution in [2.24, 2.45) is 4.99 Å². The Bertz CT molecular complexity index is 601. The molecule has 2 rings (SSSR count).